The van der Waals surface area contributed by atoms with Crippen LogP contribution in [0.1, 0.15) is 38.9 Å². The summed E-state index contributed by atoms with van der Waals surface area (Å²) >= 11 is 0. The molecule has 2 atom stereocenters. The minimum Gasteiger partial charge on any atom is -0.504 e. The second-order valence-corrected chi connectivity index (χ2v) is 4.70. The van der Waals surface area contributed by atoms with Crippen LogP contribution in [0.25, 0.3) is 0 Å². The maximum Gasteiger partial charge on any atom is 0.157 e. The average Bonchev–Trinajstić information content (AvgIpc) is 2.28. The molecule has 0 heterocycles. The standard InChI is InChI=1S/C13H21NO3/c1-4-10(14-8(2)3)13(17)9-5-6-11(15)12(16)7-9/h5-8,10,13-17H,4H2,1-3H3/p+1/t10-,13+/m0/s1. The average molecular weight is 240 g/mol. The highest BCUT2D eigenvalue weighted by atomic mass is 16.3. The summed E-state index contributed by atoms with van der Waals surface area (Å²) in [4.78, 5) is 0. The van der Waals surface area contributed by atoms with E-state index in [2.05, 4.69) is 19.2 Å². The Kier molecular flexibility index (Phi) is 4.78. The van der Waals surface area contributed by atoms with Gasteiger partial charge in [0, 0.05) is 0 Å². The number of nitrogens with two attached hydrogens (primary N) is 1. The number of aliphatic hydroxyl groups is 1. The van der Waals surface area contributed by atoms with E-state index in [1.54, 1.807) is 6.07 Å². The first-order valence-corrected chi connectivity index (χ1v) is 6.00. The lowest BCUT2D eigenvalue weighted by Gasteiger charge is -2.22. The minimum atomic E-state index is -0.645. The van der Waals surface area contributed by atoms with E-state index in [1.165, 1.54) is 12.1 Å². The van der Waals surface area contributed by atoms with Crippen LogP contribution in [-0.4, -0.2) is 27.4 Å². The molecular weight excluding hydrogens is 218 g/mol. The lowest BCUT2D eigenvalue weighted by molar-refractivity contribution is -0.723. The first-order chi connectivity index (χ1) is 7.95. The molecule has 0 bridgehead atoms. The molecule has 5 N–H and O–H groups in total. The van der Waals surface area contributed by atoms with Crippen molar-refractivity contribution in [2.75, 3.05) is 0 Å². The zero-order valence-electron chi connectivity index (χ0n) is 10.6. The van der Waals surface area contributed by atoms with Crippen LogP contribution in [0.15, 0.2) is 18.2 Å². The molecular formula is C13H22NO3+. The Morgan fingerprint density at radius 2 is 1.82 bits per heavy atom. The molecule has 4 heteroatoms. The molecule has 0 unspecified atom stereocenters. The third-order valence-electron chi connectivity index (χ3n) is 2.85. The van der Waals surface area contributed by atoms with E-state index in [-0.39, 0.29) is 17.5 Å². The predicted molar refractivity (Wildman–Crippen MR) is 65.9 cm³/mol. The number of quaternary nitrogens is 1. The third kappa shape index (κ3) is 3.61. The number of aromatic hydroxyl groups is 2. The SMILES string of the molecule is CC[C@H]([NH2+]C(C)C)[C@H](O)c1ccc(O)c(O)c1. The highest BCUT2D eigenvalue weighted by Gasteiger charge is 2.23. The monoisotopic (exact) mass is 240 g/mol. The van der Waals surface area contributed by atoms with Crippen molar-refractivity contribution >= 4 is 0 Å². The highest BCUT2D eigenvalue weighted by Crippen LogP contribution is 2.28. The van der Waals surface area contributed by atoms with Crippen LogP contribution < -0.4 is 5.32 Å². The van der Waals surface area contributed by atoms with Crippen LogP contribution in [0.4, 0.5) is 0 Å². The summed E-state index contributed by atoms with van der Waals surface area (Å²) < 4.78 is 0. The van der Waals surface area contributed by atoms with E-state index in [9.17, 15) is 15.3 Å². The van der Waals surface area contributed by atoms with Crippen LogP contribution in [0.5, 0.6) is 11.5 Å². The molecule has 4 nitrogen and oxygen atoms in total. The molecule has 96 valence electrons. The summed E-state index contributed by atoms with van der Waals surface area (Å²) in [6.45, 7) is 6.17. The van der Waals surface area contributed by atoms with Gasteiger partial charge in [-0.05, 0) is 38.0 Å². The molecule has 0 amide bonds. The van der Waals surface area contributed by atoms with Crippen LogP contribution in [0.3, 0.4) is 0 Å². The van der Waals surface area contributed by atoms with Crippen molar-refractivity contribution in [3.05, 3.63) is 23.8 Å². The molecule has 0 radical (unpaired) electrons. The summed E-state index contributed by atoms with van der Waals surface area (Å²) in [5.74, 6) is -0.359. The van der Waals surface area contributed by atoms with Crippen molar-refractivity contribution in [1.29, 1.82) is 0 Å². The minimum absolute atomic E-state index is 0.0546. The lowest BCUT2D eigenvalue weighted by Crippen LogP contribution is -2.94. The van der Waals surface area contributed by atoms with Gasteiger partial charge in [-0.3, -0.25) is 0 Å². The Morgan fingerprint density at radius 3 is 2.29 bits per heavy atom. The molecule has 17 heavy (non-hydrogen) atoms. The van der Waals surface area contributed by atoms with Gasteiger partial charge in [0.05, 0.1) is 6.04 Å². The molecule has 0 spiro atoms. The lowest BCUT2D eigenvalue weighted by atomic mass is 9.99. The molecule has 0 saturated heterocycles. The van der Waals surface area contributed by atoms with E-state index in [0.29, 0.717) is 11.6 Å². The summed E-state index contributed by atoms with van der Waals surface area (Å²) in [5, 5.41) is 31.0. The van der Waals surface area contributed by atoms with Crippen LogP contribution in [0, 0.1) is 0 Å². The van der Waals surface area contributed by atoms with E-state index in [1.807, 2.05) is 6.92 Å². The van der Waals surface area contributed by atoms with Gasteiger partial charge in [0.25, 0.3) is 0 Å². The van der Waals surface area contributed by atoms with E-state index < -0.39 is 6.10 Å². The van der Waals surface area contributed by atoms with Crippen molar-refractivity contribution in [3.63, 3.8) is 0 Å². The van der Waals surface area contributed by atoms with Gasteiger partial charge < -0.3 is 20.6 Å². The molecule has 1 aromatic rings. The van der Waals surface area contributed by atoms with Crippen molar-refractivity contribution in [2.45, 2.75) is 45.4 Å². The number of hydrogen-bond acceptors (Lipinski definition) is 3. The second-order valence-electron chi connectivity index (χ2n) is 4.70. The van der Waals surface area contributed by atoms with Crippen LogP contribution >= 0.6 is 0 Å². The van der Waals surface area contributed by atoms with Crippen molar-refractivity contribution < 1.29 is 20.6 Å². The summed E-state index contributed by atoms with van der Waals surface area (Å²) in [5.41, 5.74) is 0.629. The molecule has 1 rings (SSSR count). The normalized spacial score (nSPS) is 14.9. The molecule has 1 aromatic carbocycles. The van der Waals surface area contributed by atoms with Crippen molar-refractivity contribution in [3.8, 4) is 11.5 Å². The van der Waals surface area contributed by atoms with Crippen molar-refractivity contribution in [2.24, 2.45) is 0 Å². The Hall–Kier alpha value is -1.26. The summed E-state index contributed by atoms with van der Waals surface area (Å²) in [7, 11) is 0. The number of aliphatic hydroxyl groups excluding tert-OH is 1. The molecule has 0 fully saturated rings. The number of hydrogen-bond donors (Lipinski definition) is 4. The molecule has 0 aliphatic rings. The first kappa shape index (κ1) is 13.8. The Bertz CT molecular complexity index is 366. The zero-order valence-corrected chi connectivity index (χ0v) is 10.6. The Morgan fingerprint density at radius 1 is 1.18 bits per heavy atom. The first-order valence-electron chi connectivity index (χ1n) is 6.00. The third-order valence-corrected chi connectivity index (χ3v) is 2.85. The Balaban J connectivity index is 2.85. The molecule has 0 aliphatic carbocycles. The maximum atomic E-state index is 10.2. The highest BCUT2D eigenvalue weighted by molar-refractivity contribution is 5.41. The van der Waals surface area contributed by atoms with Crippen molar-refractivity contribution in [1.82, 2.24) is 0 Å². The van der Waals surface area contributed by atoms with Crippen LogP contribution in [0.2, 0.25) is 0 Å². The zero-order chi connectivity index (χ0) is 13.0. The number of phenols is 2. The molecule has 0 saturated carbocycles. The van der Waals surface area contributed by atoms with Gasteiger partial charge in [0.2, 0.25) is 0 Å². The molecule has 0 aromatic heterocycles. The fourth-order valence-corrected chi connectivity index (χ4v) is 1.93. The molecule has 0 aliphatic heterocycles. The number of benzene rings is 1. The van der Waals surface area contributed by atoms with E-state index in [4.69, 9.17) is 0 Å². The number of phenolic OH excluding ortho intramolecular Hbond substituents is 2. The predicted octanol–water partition coefficient (Wildman–Crippen LogP) is 0.882. The van der Waals surface area contributed by atoms with Crippen LogP contribution in [-0.2, 0) is 0 Å². The topological polar surface area (TPSA) is 77.3 Å². The maximum absolute atomic E-state index is 10.2. The van der Waals surface area contributed by atoms with Gasteiger partial charge in [-0.15, -0.1) is 0 Å². The van der Waals surface area contributed by atoms with Gasteiger partial charge in [-0.2, -0.15) is 0 Å². The summed E-state index contributed by atoms with van der Waals surface area (Å²) in [6.07, 6.45) is 0.190. The summed E-state index contributed by atoms with van der Waals surface area (Å²) in [6, 6.07) is 4.91. The van der Waals surface area contributed by atoms with E-state index >= 15 is 0 Å². The largest absolute Gasteiger partial charge is 0.504 e. The van der Waals surface area contributed by atoms with Gasteiger partial charge in [-0.1, -0.05) is 13.0 Å². The fraction of sp³-hybridized carbons (Fsp3) is 0.538. The van der Waals surface area contributed by atoms with Gasteiger partial charge in [0.1, 0.15) is 12.1 Å². The number of rotatable bonds is 5. The van der Waals surface area contributed by atoms with Gasteiger partial charge >= 0.3 is 0 Å². The van der Waals surface area contributed by atoms with Gasteiger partial charge in [0.15, 0.2) is 11.5 Å². The van der Waals surface area contributed by atoms with E-state index in [0.717, 1.165) is 6.42 Å². The fourth-order valence-electron chi connectivity index (χ4n) is 1.93. The quantitative estimate of drug-likeness (QED) is 0.577. The smallest absolute Gasteiger partial charge is 0.157 e. The van der Waals surface area contributed by atoms with Gasteiger partial charge in [-0.25, -0.2) is 0 Å². The Labute approximate surface area is 102 Å². The second kappa shape index (κ2) is 5.89.